The third kappa shape index (κ3) is 4.19. The van der Waals surface area contributed by atoms with Gasteiger partial charge in [0.2, 0.25) is 10.0 Å². The number of thiophene rings is 1. The molecule has 0 aliphatic rings. The van der Waals surface area contributed by atoms with Crippen molar-refractivity contribution >= 4 is 27.3 Å². The van der Waals surface area contributed by atoms with Gasteiger partial charge in [-0.15, -0.1) is 11.3 Å². The molecule has 2 rings (SSSR count). The van der Waals surface area contributed by atoms with Crippen molar-refractivity contribution in [1.29, 1.82) is 0 Å². The largest absolute Gasteiger partial charge is 0.347 e. The van der Waals surface area contributed by atoms with Gasteiger partial charge < -0.3 is 5.32 Å². The zero-order valence-electron chi connectivity index (χ0n) is 13.3. The van der Waals surface area contributed by atoms with Gasteiger partial charge in [-0.3, -0.25) is 4.79 Å². The van der Waals surface area contributed by atoms with Gasteiger partial charge in [0, 0.05) is 11.4 Å². The van der Waals surface area contributed by atoms with E-state index in [1.165, 1.54) is 41.0 Å². The SMILES string of the molecule is CCc1cc(C(=O)NCc2ccc(S(=O)(=O)NC)cc2)sc1C. The van der Waals surface area contributed by atoms with E-state index in [0.29, 0.717) is 11.4 Å². The molecule has 0 unspecified atom stereocenters. The molecule has 5 nitrogen and oxygen atoms in total. The summed E-state index contributed by atoms with van der Waals surface area (Å²) in [6.07, 6.45) is 0.914. The molecule has 124 valence electrons. The minimum absolute atomic E-state index is 0.107. The highest BCUT2D eigenvalue weighted by atomic mass is 32.2. The number of sulfonamides is 1. The maximum Gasteiger partial charge on any atom is 0.261 e. The Morgan fingerprint density at radius 2 is 1.87 bits per heavy atom. The van der Waals surface area contributed by atoms with Crippen molar-refractivity contribution in [3.05, 3.63) is 51.2 Å². The molecule has 0 saturated carbocycles. The molecule has 1 heterocycles. The van der Waals surface area contributed by atoms with Crippen molar-refractivity contribution in [3.8, 4) is 0 Å². The van der Waals surface area contributed by atoms with E-state index in [-0.39, 0.29) is 10.8 Å². The third-order valence-corrected chi connectivity index (χ3v) is 6.10. The van der Waals surface area contributed by atoms with Crippen LogP contribution in [0, 0.1) is 6.92 Å². The number of carbonyl (C=O) groups is 1. The van der Waals surface area contributed by atoms with E-state index in [0.717, 1.165) is 12.0 Å². The molecule has 1 aromatic heterocycles. The monoisotopic (exact) mass is 352 g/mol. The minimum atomic E-state index is -3.43. The quantitative estimate of drug-likeness (QED) is 0.838. The predicted octanol–water partition coefficient (Wildman–Crippen LogP) is 2.46. The molecule has 0 radical (unpaired) electrons. The Morgan fingerprint density at radius 1 is 1.22 bits per heavy atom. The molecule has 0 fully saturated rings. The number of aryl methyl sites for hydroxylation is 2. The molecule has 2 aromatic rings. The molecule has 0 saturated heterocycles. The van der Waals surface area contributed by atoms with E-state index in [2.05, 4.69) is 17.0 Å². The smallest absolute Gasteiger partial charge is 0.261 e. The van der Waals surface area contributed by atoms with E-state index >= 15 is 0 Å². The van der Waals surface area contributed by atoms with Gasteiger partial charge in [-0.05, 0) is 49.7 Å². The van der Waals surface area contributed by atoms with Gasteiger partial charge in [0.25, 0.3) is 5.91 Å². The van der Waals surface area contributed by atoms with Crippen LogP contribution in [0.25, 0.3) is 0 Å². The lowest BCUT2D eigenvalue weighted by Crippen LogP contribution is -2.22. The second-order valence-corrected chi connectivity index (χ2v) is 8.22. The average molecular weight is 352 g/mol. The Kier molecular flexibility index (Phi) is 5.56. The number of rotatable bonds is 6. The average Bonchev–Trinajstić information content (AvgIpc) is 2.94. The summed E-state index contributed by atoms with van der Waals surface area (Å²) in [5.74, 6) is -0.107. The second kappa shape index (κ2) is 7.25. The molecule has 0 bridgehead atoms. The maximum absolute atomic E-state index is 12.2. The van der Waals surface area contributed by atoms with Crippen LogP contribution in [0.2, 0.25) is 0 Å². The summed E-state index contributed by atoms with van der Waals surface area (Å²) in [5.41, 5.74) is 2.04. The van der Waals surface area contributed by atoms with Crippen LogP contribution < -0.4 is 10.0 Å². The number of amides is 1. The molecular formula is C16H20N2O3S2. The predicted molar refractivity (Wildman–Crippen MR) is 92.3 cm³/mol. The zero-order valence-corrected chi connectivity index (χ0v) is 15.0. The summed E-state index contributed by atoms with van der Waals surface area (Å²) in [5, 5.41) is 2.86. The molecule has 7 heteroatoms. The molecule has 0 spiro atoms. The summed E-state index contributed by atoms with van der Waals surface area (Å²) in [6, 6.07) is 8.37. The highest BCUT2D eigenvalue weighted by molar-refractivity contribution is 7.89. The van der Waals surface area contributed by atoms with Crippen LogP contribution in [0.15, 0.2) is 35.2 Å². The molecule has 1 aromatic carbocycles. The van der Waals surface area contributed by atoms with Gasteiger partial charge in [0.1, 0.15) is 0 Å². The fourth-order valence-electron chi connectivity index (χ4n) is 2.16. The molecule has 0 atom stereocenters. The number of carbonyl (C=O) groups excluding carboxylic acids is 1. The van der Waals surface area contributed by atoms with Crippen molar-refractivity contribution in [2.45, 2.75) is 31.7 Å². The Hall–Kier alpha value is -1.70. The summed E-state index contributed by atoms with van der Waals surface area (Å²) in [4.78, 5) is 14.2. The second-order valence-electron chi connectivity index (χ2n) is 5.08. The van der Waals surface area contributed by atoms with Crippen molar-refractivity contribution in [2.75, 3.05) is 7.05 Å². The number of nitrogens with one attached hydrogen (secondary N) is 2. The zero-order chi connectivity index (χ0) is 17.0. The summed E-state index contributed by atoms with van der Waals surface area (Å²) in [6.45, 7) is 4.44. The van der Waals surface area contributed by atoms with E-state index in [1.807, 2.05) is 13.0 Å². The summed E-state index contributed by atoms with van der Waals surface area (Å²) < 4.78 is 25.6. The van der Waals surface area contributed by atoms with Gasteiger partial charge in [0.15, 0.2) is 0 Å². The summed E-state index contributed by atoms with van der Waals surface area (Å²) in [7, 11) is -2.06. The Labute approximate surface area is 140 Å². The lowest BCUT2D eigenvalue weighted by atomic mass is 10.2. The molecule has 0 aliphatic heterocycles. The first-order valence-corrected chi connectivity index (χ1v) is 9.57. The molecule has 1 amide bonds. The van der Waals surface area contributed by atoms with Crippen LogP contribution in [-0.2, 0) is 23.0 Å². The topological polar surface area (TPSA) is 75.3 Å². The first-order chi connectivity index (χ1) is 10.9. The van der Waals surface area contributed by atoms with Crippen LogP contribution in [0.3, 0.4) is 0 Å². The van der Waals surface area contributed by atoms with E-state index in [4.69, 9.17) is 0 Å². The maximum atomic E-state index is 12.2. The van der Waals surface area contributed by atoms with Gasteiger partial charge in [-0.2, -0.15) is 0 Å². The van der Waals surface area contributed by atoms with E-state index < -0.39 is 10.0 Å². The third-order valence-electron chi connectivity index (χ3n) is 3.58. The van der Waals surface area contributed by atoms with Crippen LogP contribution >= 0.6 is 11.3 Å². The Balaban J connectivity index is 2.01. The number of hydrogen-bond acceptors (Lipinski definition) is 4. The van der Waals surface area contributed by atoms with Gasteiger partial charge in [-0.25, -0.2) is 13.1 Å². The molecule has 23 heavy (non-hydrogen) atoms. The first kappa shape index (κ1) is 17.7. The summed E-state index contributed by atoms with van der Waals surface area (Å²) >= 11 is 1.49. The fraction of sp³-hybridized carbons (Fsp3) is 0.312. The van der Waals surface area contributed by atoms with E-state index in [9.17, 15) is 13.2 Å². The number of hydrogen-bond donors (Lipinski definition) is 2. The van der Waals surface area contributed by atoms with Crippen LogP contribution in [0.5, 0.6) is 0 Å². The van der Waals surface area contributed by atoms with Crippen molar-refractivity contribution < 1.29 is 13.2 Å². The highest BCUT2D eigenvalue weighted by Gasteiger charge is 2.12. The van der Waals surface area contributed by atoms with Crippen molar-refractivity contribution in [2.24, 2.45) is 0 Å². The standard InChI is InChI=1S/C16H20N2O3S2/c1-4-13-9-15(22-11(13)2)16(19)18-10-12-5-7-14(8-6-12)23(20,21)17-3/h5-9,17H,4,10H2,1-3H3,(H,18,19). The van der Waals surface area contributed by atoms with Crippen LogP contribution in [0.1, 0.15) is 32.6 Å². The van der Waals surface area contributed by atoms with Gasteiger partial charge in [-0.1, -0.05) is 19.1 Å². The highest BCUT2D eigenvalue weighted by Crippen LogP contribution is 2.22. The molecule has 2 N–H and O–H groups in total. The minimum Gasteiger partial charge on any atom is -0.347 e. The lowest BCUT2D eigenvalue weighted by molar-refractivity contribution is 0.0955. The van der Waals surface area contributed by atoms with Gasteiger partial charge >= 0.3 is 0 Å². The lowest BCUT2D eigenvalue weighted by Gasteiger charge is -2.06. The Bertz CT molecular complexity index is 793. The van der Waals surface area contributed by atoms with Crippen LogP contribution in [0.4, 0.5) is 0 Å². The number of benzene rings is 1. The van der Waals surface area contributed by atoms with Crippen LogP contribution in [-0.4, -0.2) is 21.4 Å². The van der Waals surface area contributed by atoms with Gasteiger partial charge in [0.05, 0.1) is 9.77 Å². The fourth-order valence-corrected chi connectivity index (χ4v) is 3.92. The van der Waals surface area contributed by atoms with Crippen molar-refractivity contribution in [1.82, 2.24) is 10.0 Å². The molecular weight excluding hydrogens is 332 g/mol. The molecule has 0 aliphatic carbocycles. The van der Waals surface area contributed by atoms with Crippen molar-refractivity contribution in [3.63, 3.8) is 0 Å². The normalized spacial score (nSPS) is 11.4. The first-order valence-electron chi connectivity index (χ1n) is 7.27. The Morgan fingerprint density at radius 3 is 2.39 bits per heavy atom. The van der Waals surface area contributed by atoms with E-state index in [1.54, 1.807) is 12.1 Å².